The van der Waals surface area contributed by atoms with E-state index in [1.807, 2.05) is 0 Å². The van der Waals surface area contributed by atoms with Gasteiger partial charge in [0.2, 0.25) is 11.8 Å². The maximum absolute atomic E-state index is 12.3. The van der Waals surface area contributed by atoms with E-state index in [4.69, 9.17) is 0 Å². The highest BCUT2D eigenvalue weighted by molar-refractivity contribution is 6.06. The maximum Gasteiger partial charge on any atom is 0.247 e. The number of amides is 2. The molecule has 1 aliphatic carbocycles. The Labute approximate surface area is 119 Å². The highest BCUT2D eigenvalue weighted by atomic mass is 16.2. The SMILES string of the molecule is O=C1CC(NC2CCN3CCCC3C2)C(=O)N1C1CC1. The molecule has 5 heteroatoms. The Bertz CT molecular complexity index is 435. The molecule has 110 valence electrons. The van der Waals surface area contributed by atoms with Gasteiger partial charge < -0.3 is 10.2 Å². The molecule has 3 aliphatic heterocycles. The summed E-state index contributed by atoms with van der Waals surface area (Å²) in [5, 5.41) is 3.48. The van der Waals surface area contributed by atoms with Crippen LogP contribution >= 0.6 is 0 Å². The second kappa shape index (κ2) is 4.81. The molecule has 0 radical (unpaired) electrons. The minimum atomic E-state index is -0.249. The lowest BCUT2D eigenvalue weighted by Crippen LogP contribution is -2.50. The average Bonchev–Trinajstić information content (AvgIpc) is 3.07. The largest absolute Gasteiger partial charge is 0.303 e. The average molecular weight is 277 g/mol. The van der Waals surface area contributed by atoms with Crippen molar-refractivity contribution in [3.05, 3.63) is 0 Å². The van der Waals surface area contributed by atoms with Gasteiger partial charge in [-0.3, -0.25) is 14.5 Å². The zero-order valence-corrected chi connectivity index (χ0v) is 11.9. The van der Waals surface area contributed by atoms with E-state index in [-0.39, 0.29) is 23.9 Å². The molecule has 4 rings (SSSR count). The smallest absolute Gasteiger partial charge is 0.247 e. The van der Waals surface area contributed by atoms with Crippen molar-refractivity contribution in [3.8, 4) is 0 Å². The van der Waals surface area contributed by atoms with Gasteiger partial charge in [0, 0.05) is 18.1 Å². The van der Waals surface area contributed by atoms with Crippen molar-refractivity contribution >= 4 is 11.8 Å². The monoisotopic (exact) mass is 277 g/mol. The number of carbonyl (C=O) groups is 2. The van der Waals surface area contributed by atoms with Crippen LogP contribution in [0, 0.1) is 0 Å². The van der Waals surface area contributed by atoms with Gasteiger partial charge in [-0.1, -0.05) is 0 Å². The number of nitrogens with zero attached hydrogens (tertiary/aromatic N) is 2. The number of fused-ring (bicyclic) bond motifs is 1. The van der Waals surface area contributed by atoms with E-state index in [0.717, 1.165) is 32.2 Å². The minimum absolute atomic E-state index is 0.0337. The predicted octanol–water partition coefficient (Wildman–Crippen LogP) is 0.493. The molecular weight excluding hydrogens is 254 g/mol. The van der Waals surface area contributed by atoms with Gasteiger partial charge in [0.15, 0.2) is 0 Å². The minimum Gasteiger partial charge on any atom is -0.303 e. The van der Waals surface area contributed by atoms with Crippen LogP contribution < -0.4 is 5.32 Å². The second-order valence-electron chi connectivity index (χ2n) is 6.81. The summed E-state index contributed by atoms with van der Waals surface area (Å²) < 4.78 is 0. The number of rotatable bonds is 3. The van der Waals surface area contributed by atoms with Crippen molar-refractivity contribution in [1.29, 1.82) is 0 Å². The molecule has 3 heterocycles. The quantitative estimate of drug-likeness (QED) is 0.763. The number of nitrogens with one attached hydrogen (secondary N) is 1. The first-order chi connectivity index (χ1) is 9.72. The lowest BCUT2D eigenvalue weighted by atomic mass is 9.96. The third kappa shape index (κ3) is 2.17. The fraction of sp³-hybridized carbons (Fsp3) is 0.867. The van der Waals surface area contributed by atoms with Crippen molar-refractivity contribution in [2.24, 2.45) is 0 Å². The summed E-state index contributed by atoms with van der Waals surface area (Å²) in [4.78, 5) is 28.4. The summed E-state index contributed by atoms with van der Waals surface area (Å²) in [6.07, 6.45) is 7.24. The van der Waals surface area contributed by atoms with Crippen LogP contribution in [0.4, 0.5) is 0 Å². The maximum atomic E-state index is 12.3. The van der Waals surface area contributed by atoms with Crippen LogP contribution in [0.2, 0.25) is 0 Å². The van der Waals surface area contributed by atoms with Crippen molar-refractivity contribution in [2.45, 2.75) is 69.1 Å². The summed E-state index contributed by atoms with van der Waals surface area (Å²) in [6.45, 7) is 2.39. The third-order valence-electron chi connectivity index (χ3n) is 5.35. The van der Waals surface area contributed by atoms with Crippen LogP contribution in [0.25, 0.3) is 0 Å². The Morgan fingerprint density at radius 3 is 2.65 bits per heavy atom. The number of piperidine rings is 1. The van der Waals surface area contributed by atoms with Gasteiger partial charge >= 0.3 is 0 Å². The lowest BCUT2D eigenvalue weighted by Gasteiger charge is -2.36. The van der Waals surface area contributed by atoms with Crippen LogP contribution in [0.3, 0.4) is 0 Å². The fourth-order valence-corrected chi connectivity index (χ4v) is 4.16. The Hall–Kier alpha value is -0.940. The van der Waals surface area contributed by atoms with Crippen LogP contribution in [-0.4, -0.2) is 58.9 Å². The van der Waals surface area contributed by atoms with Crippen LogP contribution in [-0.2, 0) is 9.59 Å². The van der Waals surface area contributed by atoms with Crippen LogP contribution in [0.5, 0.6) is 0 Å². The van der Waals surface area contributed by atoms with E-state index >= 15 is 0 Å². The first-order valence-electron chi connectivity index (χ1n) is 8.08. The standard InChI is InChI=1S/C15H23N3O2/c19-14-9-13(15(20)18(14)11-3-4-11)16-10-5-7-17-6-1-2-12(17)8-10/h10-13,16H,1-9H2. The van der Waals surface area contributed by atoms with E-state index in [1.165, 1.54) is 24.3 Å². The van der Waals surface area contributed by atoms with E-state index in [1.54, 1.807) is 0 Å². The second-order valence-corrected chi connectivity index (χ2v) is 6.81. The van der Waals surface area contributed by atoms with E-state index in [9.17, 15) is 9.59 Å². The van der Waals surface area contributed by atoms with Crippen molar-refractivity contribution in [3.63, 3.8) is 0 Å². The van der Waals surface area contributed by atoms with Gasteiger partial charge in [0.1, 0.15) is 0 Å². The van der Waals surface area contributed by atoms with E-state index in [2.05, 4.69) is 10.2 Å². The number of carbonyl (C=O) groups excluding carboxylic acids is 2. The molecule has 1 saturated carbocycles. The molecule has 0 bridgehead atoms. The Kier molecular flexibility index (Phi) is 3.07. The van der Waals surface area contributed by atoms with Crippen molar-refractivity contribution in [2.75, 3.05) is 13.1 Å². The summed E-state index contributed by atoms with van der Waals surface area (Å²) in [6, 6.07) is 1.09. The molecule has 0 aromatic carbocycles. The Morgan fingerprint density at radius 1 is 1.00 bits per heavy atom. The van der Waals surface area contributed by atoms with Gasteiger partial charge in [-0.05, 0) is 51.6 Å². The molecule has 3 unspecified atom stereocenters. The zero-order chi connectivity index (χ0) is 13.7. The molecular formula is C15H23N3O2. The van der Waals surface area contributed by atoms with Gasteiger partial charge in [0.05, 0.1) is 12.5 Å². The molecule has 20 heavy (non-hydrogen) atoms. The van der Waals surface area contributed by atoms with Gasteiger partial charge in [-0.25, -0.2) is 0 Å². The highest BCUT2D eigenvalue weighted by Crippen LogP contribution is 2.32. The molecule has 2 amide bonds. The third-order valence-corrected chi connectivity index (χ3v) is 5.35. The molecule has 0 aromatic rings. The lowest BCUT2D eigenvalue weighted by molar-refractivity contribution is -0.139. The number of hydrogen-bond donors (Lipinski definition) is 1. The molecule has 0 spiro atoms. The first kappa shape index (κ1) is 12.8. The van der Waals surface area contributed by atoms with E-state index < -0.39 is 0 Å². The normalized spacial score (nSPS) is 38.6. The molecule has 3 saturated heterocycles. The summed E-state index contributed by atoms with van der Waals surface area (Å²) in [5.74, 6) is 0.0691. The summed E-state index contributed by atoms with van der Waals surface area (Å²) in [7, 11) is 0. The van der Waals surface area contributed by atoms with E-state index in [0.29, 0.717) is 18.5 Å². The molecule has 1 N–H and O–H groups in total. The van der Waals surface area contributed by atoms with Gasteiger partial charge in [0.25, 0.3) is 0 Å². The highest BCUT2D eigenvalue weighted by Gasteiger charge is 2.46. The molecule has 0 aromatic heterocycles. The molecule has 3 atom stereocenters. The van der Waals surface area contributed by atoms with Crippen molar-refractivity contribution < 1.29 is 9.59 Å². The summed E-state index contributed by atoms with van der Waals surface area (Å²) in [5.41, 5.74) is 0. The molecule has 4 fully saturated rings. The van der Waals surface area contributed by atoms with Crippen molar-refractivity contribution in [1.82, 2.24) is 15.1 Å². The predicted molar refractivity (Wildman–Crippen MR) is 74.0 cm³/mol. The Balaban J connectivity index is 1.37. The fourth-order valence-electron chi connectivity index (χ4n) is 4.16. The molecule has 4 aliphatic rings. The number of imide groups is 1. The van der Waals surface area contributed by atoms with Gasteiger partial charge in [-0.15, -0.1) is 0 Å². The van der Waals surface area contributed by atoms with Gasteiger partial charge in [-0.2, -0.15) is 0 Å². The van der Waals surface area contributed by atoms with Crippen LogP contribution in [0.1, 0.15) is 44.9 Å². The molecule has 5 nitrogen and oxygen atoms in total. The first-order valence-corrected chi connectivity index (χ1v) is 8.08. The number of hydrogen-bond acceptors (Lipinski definition) is 4. The topological polar surface area (TPSA) is 52.7 Å². The zero-order valence-electron chi connectivity index (χ0n) is 11.9. The summed E-state index contributed by atoms with van der Waals surface area (Å²) >= 11 is 0. The number of likely N-dealkylation sites (tertiary alicyclic amines) is 1. The van der Waals surface area contributed by atoms with Crippen LogP contribution in [0.15, 0.2) is 0 Å². The Morgan fingerprint density at radius 2 is 1.85 bits per heavy atom.